The summed E-state index contributed by atoms with van der Waals surface area (Å²) in [6, 6.07) is 0. The van der Waals surface area contributed by atoms with Crippen molar-refractivity contribution in [1.29, 1.82) is 0 Å². The molecule has 1 aliphatic rings. The van der Waals surface area contributed by atoms with E-state index in [1.807, 2.05) is 0 Å². The smallest absolute Gasteiger partial charge is 0.323 e. The summed E-state index contributed by atoms with van der Waals surface area (Å²) in [4.78, 5) is 23.5. The molecular weight excluding hydrogens is 224 g/mol. The van der Waals surface area contributed by atoms with Crippen molar-refractivity contribution in [2.45, 2.75) is 39.7 Å². The van der Waals surface area contributed by atoms with Crippen LogP contribution in [0.2, 0.25) is 0 Å². The fourth-order valence-corrected chi connectivity index (χ4v) is 2.06. The zero-order valence-electron chi connectivity index (χ0n) is 10.8. The van der Waals surface area contributed by atoms with Gasteiger partial charge < -0.3 is 14.6 Å². The van der Waals surface area contributed by atoms with Gasteiger partial charge in [0.1, 0.15) is 0 Å². The first-order chi connectivity index (χ1) is 7.80. The van der Waals surface area contributed by atoms with Gasteiger partial charge >= 0.3 is 11.9 Å². The van der Waals surface area contributed by atoms with Crippen molar-refractivity contribution in [3.8, 4) is 0 Å². The van der Waals surface area contributed by atoms with Crippen LogP contribution < -0.4 is 0 Å². The molecule has 1 N–H and O–H groups in total. The summed E-state index contributed by atoms with van der Waals surface area (Å²) >= 11 is 0. The monoisotopic (exact) mass is 244 g/mol. The highest BCUT2D eigenvalue weighted by molar-refractivity contribution is 5.97. The van der Waals surface area contributed by atoms with Crippen LogP contribution in [0.15, 0.2) is 0 Å². The highest BCUT2D eigenvalue weighted by Gasteiger charge is 2.69. The first-order valence-electron chi connectivity index (χ1n) is 5.85. The lowest BCUT2D eigenvalue weighted by molar-refractivity contribution is -0.170. The van der Waals surface area contributed by atoms with Gasteiger partial charge in [0.15, 0.2) is 5.92 Å². The first kappa shape index (κ1) is 14.0. The van der Waals surface area contributed by atoms with Crippen LogP contribution in [0.4, 0.5) is 0 Å². The van der Waals surface area contributed by atoms with E-state index in [9.17, 15) is 14.7 Å². The molecule has 0 saturated heterocycles. The van der Waals surface area contributed by atoms with Gasteiger partial charge in [-0.2, -0.15) is 0 Å². The standard InChI is InChI=1S/C12H20O5/c1-5-16-9(13)8(10(14)17-6-2)12(15)7-11(12,3)4/h8,15H,5-7H2,1-4H3. The van der Waals surface area contributed by atoms with Crippen LogP contribution >= 0.6 is 0 Å². The summed E-state index contributed by atoms with van der Waals surface area (Å²) < 4.78 is 9.66. The van der Waals surface area contributed by atoms with Crippen molar-refractivity contribution in [2.75, 3.05) is 13.2 Å². The zero-order valence-corrected chi connectivity index (χ0v) is 10.8. The maximum absolute atomic E-state index is 11.8. The van der Waals surface area contributed by atoms with Crippen molar-refractivity contribution >= 4 is 11.9 Å². The maximum atomic E-state index is 11.8. The second kappa shape index (κ2) is 4.64. The third kappa shape index (κ3) is 2.44. The Morgan fingerprint density at radius 1 is 1.18 bits per heavy atom. The molecule has 0 amide bonds. The van der Waals surface area contributed by atoms with Gasteiger partial charge in [-0.15, -0.1) is 0 Å². The van der Waals surface area contributed by atoms with E-state index >= 15 is 0 Å². The Labute approximate surface area is 101 Å². The number of carbonyl (C=O) groups is 2. The summed E-state index contributed by atoms with van der Waals surface area (Å²) in [6.45, 7) is 7.26. The molecule has 1 saturated carbocycles. The minimum Gasteiger partial charge on any atom is -0.465 e. The van der Waals surface area contributed by atoms with Crippen LogP contribution in [-0.2, 0) is 19.1 Å². The molecule has 0 spiro atoms. The SMILES string of the molecule is CCOC(=O)C(C(=O)OCC)C1(O)CC1(C)C. The Morgan fingerprint density at radius 2 is 1.53 bits per heavy atom. The van der Waals surface area contributed by atoms with E-state index in [0.717, 1.165) is 0 Å². The van der Waals surface area contributed by atoms with Crippen molar-refractivity contribution in [3.05, 3.63) is 0 Å². The van der Waals surface area contributed by atoms with Gasteiger partial charge in [-0.25, -0.2) is 0 Å². The van der Waals surface area contributed by atoms with E-state index < -0.39 is 28.9 Å². The lowest BCUT2D eigenvalue weighted by atomic mass is 9.93. The van der Waals surface area contributed by atoms with E-state index in [0.29, 0.717) is 6.42 Å². The van der Waals surface area contributed by atoms with Gasteiger partial charge in [0.05, 0.1) is 18.8 Å². The van der Waals surface area contributed by atoms with Crippen LogP contribution in [-0.4, -0.2) is 35.9 Å². The van der Waals surface area contributed by atoms with Gasteiger partial charge in [-0.3, -0.25) is 9.59 Å². The quantitative estimate of drug-likeness (QED) is 0.574. The van der Waals surface area contributed by atoms with Gasteiger partial charge in [-0.1, -0.05) is 13.8 Å². The molecule has 0 bridgehead atoms. The number of hydrogen-bond donors (Lipinski definition) is 1. The Hall–Kier alpha value is -1.10. The number of hydrogen-bond acceptors (Lipinski definition) is 5. The van der Waals surface area contributed by atoms with Crippen LogP contribution in [0.1, 0.15) is 34.1 Å². The number of ether oxygens (including phenoxy) is 2. The summed E-state index contributed by atoms with van der Waals surface area (Å²) in [6.07, 6.45) is 0.391. The van der Waals surface area contributed by atoms with E-state index in [1.54, 1.807) is 27.7 Å². The molecule has 1 unspecified atom stereocenters. The van der Waals surface area contributed by atoms with Crippen molar-refractivity contribution in [2.24, 2.45) is 11.3 Å². The van der Waals surface area contributed by atoms with Crippen molar-refractivity contribution in [3.63, 3.8) is 0 Å². The average Bonchev–Trinajstić information content (AvgIpc) is 2.66. The van der Waals surface area contributed by atoms with Gasteiger partial charge in [0.2, 0.25) is 0 Å². The molecular formula is C12H20O5. The van der Waals surface area contributed by atoms with Crippen LogP contribution in [0.3, 0.4) is 0 Å². The summed E-state index contributed by atoms with van der Waals surface area (Å²) in [5, 5.41) is 10.3. The molecule has 0 aromatic rings. The van der Waals surface area contributed by atoms with Crippen molar-refractivity contribution in [1.82, 2.24) is 0 Å². The minimum atomic E-state index is -1.34. The molecule has 0 aliphatic heterocycles. The molecule has 0 radical (unpaired) electrons. The highest BCUT2D eigenvalue weighted by Crippen LogP contribution is 2.60. The summed E-state index contributed by atoms with van der Waals surface area (Å²) in [7, 11) is 0. The molecule has 0 aromatic carbocycles. The molecule has 1 atom stereocenters. The van der Waals surface area contributed by atoms with E-state index in [1.165, 1.54) is 0 Å². The van der Waals surface area contributed by atoms with Crippen LogP contribution in [0.25, 0.3) is 0 Å². The van der Waals surface area contributed by atoms with Crippen molar-refractivity contribution < 1.29 is 24.2 Å². The minimum absolute atomic E-state index is 0.172. The molecule has 1 aliphatic carbocycles. The number of aliphatic hydroxyl groups is 1. The summed E-state index contributed by atoms with van der Waals surface area (Å²) in [5.41, 5.74) is -1.80. The second-order valence-electron chi connectivity index (χ2n) is 4.92. The molecule has 98 valence electrons. The molecule has 5 nitrogen and oxygen atoms in total. The largest absolute Gasteiger partial charge is 0.465 e. The Balaban J connectivity index is 2.89. The number of rotatable bonds is 5. The van der Waals surface area contributed by atoms with Gasteiger partial charge in [-0.05, 0) is 25.7 Å². The predicted octanol–water partition coefficient (Wildman–Crippen LogP) is 0.890. The molecule has 1 rings (SSSR count). The first-order valence-corrected chi connectivity index (χ1v) is 5.85. The highest BCUT2D eigenvalue weighted by atomic mass is 16.6. The maximum Gasteiger partial charge on any atom is 0.323 e. The second-order valence-corrected chi connectivity index (χ2v) is 4.92. The third-order valence-electron chi connectivity index (χ3n) is 3.28. The van der Waals surface area contributed by atoms with Crippen LogP contribution in [0, 0.1) is 11.3 Å². The fraction of sp³-hybridized carbons (Fsp3) is 0.833. The molecule has 0 aromatic heterocycles. The van der Waals surface area contributed by atoms with Gasteiger partial charge in [0, 0.05) is 0 Å². The molecule has 5 heteroatoms. The Bertz CT molecular complexity index is 305. The van der Waals surface area contributed by atoms with E-state index in [-0.39, 0.29) is 13.2 Å². The zero-order chi connectivity index (χ0) is 13.3. The van der Waals surface area contributed by atoms with E-state index in [4.69, 9.17) is 9.47 Å². The molecule has 17 heavy (non-hydrogen) atoms. The lowest BCUT2D eigenvalue weighted by Crippen LogP contribution is -2.42. The Kier molecular flexibility index (Phi) is 3.81. The third-order valence-corrected chi connectivity index (χ3v) is 3.28. The predicted molar refractivity (Wildman–Crippen MR) is 60.1 cm³/mol. The number of carbonyl (C=O) groups excluding carboxylic acids is 2. The average molecular weight is 244 g/mol. The normalized spacial score (nSPS) is 25.5. The van der Waals surface area contributed by atoms with Gasteiger partial charge in [0.25, 0.3) is 0 Å². The summed E-state index contributed by atoms with van der Waals surface area (Å²) in [5.74, 6) is -2.66. The Morgan fingerprint density at radius 3 is 1.76 bits per heavy atom. The fourth-order valence-electron chi connectivity index (χ4n) is 2.06. The van der Waals surface area contributed by atoms with E-state index in [2.05, 4.69) is 0 Å². The molecule has 1 fully saturated rings. The topological polar surface area (TPSA) is 72.8 Å². The van der Waals surface area contributed by atoms with Crippen LogP contribution in [0.5, 0.6) is 0 Å². The number of esters is 2. The molecule has 0 heterocycles. The lowest BCUT2D eigenvalue weighted by Gasteiger charge is -2.22.